The van der Waals surface area contributed by atoms with Crippen molar-refractivity contribution in [3.05, 3.63) is 0 Å². The Kier molecular flexibility index (Phi) is 4.63. The second kappa shape index (κ2) is 5.82. The van der Waals surface area contributed by atoms with E-state index in [1.54, 1.807) is 0 Å². The van der Waals surface area contributed by atoms with Crippen LogP contribution in [0.25, 0.3) is 0 Å². The summed E-state index contributed by atoms with van der Waals surface area (Å²) in [6.45, 7) is 4.74. The number of hydrogen-bond acceptors (Lipinski definition) is 3. The molecule has 17 heavy (non-hydrogen) atoms. The van der Waals surface area contributed by atoms with Gasteiger partial charge in [-0.2, -0.15) is 0 Å². The van der Waals surface area contributed by atoms with E-state index in [0.29, 0.717) is 11.7 Å². The molecule has 2 aliphatic rings. The molecular weight excluding hydrogens is 230 g/mol. The summed E-state index contributed by atoms with van der Waals surface area (Å²) in [5.74, 6) is 2.54. The average Bonchev–Trinajstić information content (AvgIpc) is 2.32. The summed E-state index contributed by atoms with van der Waals surface area (Å²) in [4.78, 5) is 0. The quantitative estimate of drug-likeness (QED) is 0.783. The summed E-state index contributed by atoms with van der Waals surface area (Å²) in [5, 5.41) is 3.75. The van der Waals surface area contributed by atoms with Gasteiger partial charge in [0.2, 0.25) is 0 Å². The summed E-state index contributed by atoms with van der Waals surface area (Å²) in [7, 11) is 2.07. The topological polar surface area (TPSA) is 30.5 Å². The Morgan fingerprint density at radius 3 is 2.41 bits per heavy atom. The monoisotopic (exact) mass is 257 g/mol. The largest absolute Gasteiger partial charge is 0.399 e. The van der Waals surface area contributed by atoms with Crippen LogP contribution in [0, 0.1) is 17.8 Å². The minimum absolute atomic E-state index is 0.501. The van der Waals surface area contributed by atoms with Crippen molar-refractivity contribution in [2.24, 2.45) is 17.8 Å². The molecule has 4 heteroatoms. The predicted octanol–water partition coefficient (Wildman–Crippen LogP) is 1.84. The molecule has 100 valence electrons. The number of rotatable bonds is 3. The molecule has 0 radical (unpaired) electrons. The highest BCUT2D eigenvalue weighted by Gasteiger charge is 2.44. The van der Waals surface area contributed by atoms with Gasteiger partial charge in [0.25, 0.3) is 0 Å². The van der Waals surface area contributed by atoms with Crippen LogP contribution in [0.15, 0.2) is 0 Å². The number of nitrogens with one attached hydrogen (secondary N) is 1. The first-order chi connectivity index (χ1) is 8.17. The van der Waals surface area contributed by atoms with Crippen LogP contribution in [0.2, 0.25) is 0 Å². The van der Waals surface area contributed by atoms with E-state index in [4.69, 9.17) is 8.85 Å². The Balaban J connectivity index is 2.13. The van der Waals surface area contributed by atoms with Crippen molar-refractivity contribution >= 4 is 9.28 Å². The van der Waals surface area contributed by atoms with E-state index in [1.165, 1.54) is 25.7 Å². The van der Waals surface area contributed by atoms with Gasteiger partial charge in [-0.3, -0.25) is 0 Å². The lowest BCUT2D eigenvalue weighted by Gasteiger charge is -2.48. The molecule has 5 atom stereocenters. The van der Waals surface area contributed by atoms with Crippen molar-refractivity contribution in [3.8, 4) is 0 Å². The molecule has 3 nitrogen and oxygen atoms in total. The zero-order valence-electron chi connectivity index (χ0n) is 11.6. The number of piperidine rings is 1. The molecule has 1 heterocycles. The van der Waals surface area contributed by atoms with E-state index in [0.717, 1.165) is 17.8 Å². The lowest BCUT2D eigenvalue weighted by atomic mass is 9.68. The Bertz CT molecular complexity index is 248. The second-order valence-electron chi connectivity index (χ2n) is 5.90. The first-order valence-corrected chi connectivity index (χ1v) is 8.60. The summed E-state index contributed by atoms with van der Waals surface area (Å²) in [5.41, 5.74) is 0.501. The fraction of sp³-hybridized carbons (Fsp3) is 1.00. The molecule has 2 rings (SSSR count). The maximum absolute atomic E-state index is 5.63. The molecule has 0 aromatic heterocycles. The van der Waals surface area contributed by atoms with E-state index < -0.39 is 9.28 Å². The minimum atomic E-state index is -1.54. The molecule has 0 bridgehead atoms. The van der Waals surface area contributed by atoms with Gasteiger partial charge >= 0.3 is 9.28 Å². The van der Waals surface area contributed by atoms with Crippen LogP contribution in [-0.4, -0.2) is 35.2 Å². The van der Waals surface area contributed by atoms with Gasteiger partial charge in [-0.25, -0.2) is 0 Å². The van der Waals surface area contributed by atoms with Crippen LogP contribution in [-0.2, 0) is 8.85 Å². The van der Waals surface area contributed by atoms with Gasteiger partial charge in [0, 0.05) is 20.3 Å². The first kappa shape index (κ1) is 13.5. The molecule has 1 saturated carbocycles. The maximum Gasteiger partial charge on any atom is 0.338 e. The van der Waals surface area contributed by atoms with Crippen LogP contribution < -0.4 is 5.32 Å². The van der Waals surface area contributed by atoms with Gasteiger partial charge in [0.1, 0.15) is 0 Å². The smallest absolute Gasteiger partial charge is 0.338 e. The SMILES string of the molecule is CO[SiH](OC)C1NC(C)CC2C(C)CCCC21. The lowest BCUT2D eigenvalue weighted by Crippen LogP contribution is -2.60. The van der Waals surface area contributed by atoms with Crippen molar-refractivity contribution in [2.75, 3.05) is 14.2 Å². The maximum atomic E-state index is 5.63. The van der Waals surface area contributed by atoms with Crippen LogP contribution >= 0.6 is 0 Å². The Hall–Kier alpha value is 0.0969. The molecule has 5 unspecified atom stereocenters. The molecule has 0 aromatic rings. The third-order valence-corrected chi connectivity index (χ3v) is 7.00. The highest BCUT2D eigenvalue weighted by Crippen LogP contribution is 2.42. The Morgan fingerprint density at radius 1 is 1.06 bits per heavy atom. The summed E-state index contributed by atoms with van der Waals surface area (Å²) in [6.07, 6.45) is 5.47. The highest BCUT2D eigenvalue weighted by molar-refractivity contribution is 6.46. The van der Waals surface area contributed by atoms with Gasteiger partial charge in [-0.15, -0.1) is 0 Å². The third-order valence-electron chi connectivity index (χ3n) is 4.80. The van der Waals surface area contributed by atoms with Crippen LogP contribution in [0.4, 0.5) is 0 Å². The summed E-state index contributed by atoms with van der Waals surface area (Å²) < 4.78 is 11.3. The predicted molar refractivity (Wildman–Crippen MR) is 72.2 cm³/mol. The lowest BCUT2D eigenvalue weighted by molar-refractivity contribution is 0.0751. The first-order valence-electron chi connectivity index (χ1n) is 6.99. The third kappa shape index (κ3) is 2.75. The van der Waals surface area contributed by atoms with E-state index in [2.05, 4.69) is 19.2 Å². The standard InChI is InChI=1S/C13H27NO2Si/c1-9-6-5-7-11-12(9)8-10(2)14-13(11)17(15-3)16-4/h9-14,17H,5-8H2,1-4H3. The van der Waals surface area contributed by atoms with Crippen molar-refractivity contribution in [1.82, 2.24) is 5.32 Å². The molecule has 2 fully saturated rings. The fourth-order valence-electron chi connectivity index (χ4n) is 3.98. The van der Waals surface area contributed by atoms with Crippen LogP contribution in [0.3, 0.4) is 0 Å². The van der Waals surface area contributed by atoms with Crippen LogP contribution in [0.5, 0.6) is 0 Å². The zero-order valence-corrected chi connectivity index (χ0v) is 12.8. The van der Waals surface area contributed by atoms with Gasteiger partial charge in [-0.1, -0.05) is 19.8 Å². The number of fused-ring (bicyclic) bond motifs is 1. The fourth-order valence-corrected chi connectivity index (χ4v) is 6.12. The molecule has 1 aliphatic carbocycles. The normalized spacial score (nSPS) is 42.5. The van der Waals surface area contributed by atoms with Gasteiger partial charge in [0.05, 0.1) is 5.67 Å². The van der Waals surface area contributed by atoms with Crippen molar-refractivity contribution in [1.29, 1.82) is 0 Å². The molecule has 0 spiro atoms. The van der Waals surface area contributed by atoms with E-state index in [1.807, 2.05) is 14.2 Å². The summed E-state index contributed by atoms with van der Waals surface area (Å²) >= 11 is 0. The van der Waals surface area contributed by atoms with E-state index in [9.17, 15) is 0 Å². The van der Waals surface area contributed by atoms with Crippen molar-refractivity contribution < 1.29 is 8.85 Å². The Morgan fingerprint density at radius 2 is 1.76 bits per heavy atom. The van der Waals surface area contributed by atoms with Gasteiger partial charge < -0.3 is 14.2 Å². The molecule has 1 N–H and O–H groups in total. The van der Waals surface area contributed by atoms with Crippen LogP contribution in [0.1, 0.15) is 39.5 Å². The Labute approximate surface area is 107 Å². The molecule has 0 aromatic carbocycles. The summed E-state index contributed by atoms with van der Waals surface area (Å²) in [6, 6.07) is 0.613. The second-order valence-corrected chi connectivity index (χ2v) is 8.30. The zero-order chi connectivity index (χ0) is 12.4. The van der Waals surface area contributed by atoms with Gasteiger partial charge in [-0.05, 0) is 37.5 Å². The molecule has 1 saturated heterocycles. The van der Waals surface area contributed by atoms with Crippen molar-refractivity contribution in [2.45, 2.75) is 51.2 Å². The van der Waals surface area contributed by atoms with Gasteiger partial charge in [0.15, 0.2) is 0 Å². The minimum Gasteiger partial charge on any atom is -0.399 e. The average molecular weight is 257 g/mol. The molecule has 1 aliphatic heterocycles. The highest BCUT2D eigenvalue weighted by atomic mass is 28.3. The molecular formula is C13H27NO2Si. The molecule has 0 amide bonds. The van der Waals surface area contributed by atoms with Crippen molar-refractivity contribution in [3.63, 3.8) is 0 Å². The van der Waals surface area contributed by atoms with E-state index >= 15 is 0 Å². The van der Waals surface area contributed by atoms with E-state index in [-0.39, 0.29) is 0 Å². The number of hydrogen-bond donors (Lipinski definition) is 1.